The largest absolute Gasteiger partial charge is 0.306 e. The molecule has 1 atom stereocenters. The zero-order chi connectivity index (χ0) is 15.4. The Kier molecular flexibility index (Phi) is 5.32. The molecule has 21 heavy (non-hydrogen) atoms. The molecule has 0 fully saturated rings. The van der Waals surface area contributed by atoms with Crippen molar-refractivity contribution in [3.63, 3.8) is 0 Å². The SMILES string of the molecule is CCCNC(c1cc(Cl)ccc1C)c1c(F)cccc1F. The zero-order valence-electron chi connectivity index (χ0n) is 12.1. The molecule has 0 radical (unpaired) electrons. The van der Waals surface area contributed by atoms with Gasteiger partial charge in [-0.15, -0.1) is 0 Å². The first kappa shape index (κ1) is 15.9. The Hall–Kier alpha value is -1.45. The van der Waals surface area contributed by atoms with Gasteiger partial charge in [0, 0.05) is 10.6 Å². The number of aryl methyl sites for hydroxylation is 1. The Balaban J connectivity index is 2.55. The number of hydrogen-bond donors (Lipinski definition) is 1. The van der Waals surface area contributed by atoms with Gasteiger partial charge in [0.05, 0.1) is 6.04 Å². The second kappa shape index (κ2) is 7.01. The quantitative estimate of drug-likeness (QED) is 0.818. The van der Waals surface area contributed by atoms with Crippen molar-refractivity contribution in [1.82, 2.24) is 5.32 Å². The zero-order valence-corrected chi connectivity index (χ0v) is 12.8. The van der Waals surface area contributed by atoms with Crippen molar-refractivity contribution in [2.75, 3.05) is 6.54 Å². The van der Waals surface area contributed by atoms with Crippen LogP contribution in [0.4, 0.5) is 8.78 Å². The van der Waals surface area contributed by atoms with Gasteiger partial charge in [-0.2, -0.15) is 0 Å². The first-order valence-corrected chi connectivity index (χ1v) is 7.35. The van der Waals surface area contributed by atoms with E-state index in [2.05, 4.69) is 5.32 Å². The summed E-state index contributed by atoms with van der Waals surface area (Å²) >= 11 is 6.05. The molecule has 0 spiro atoms. The summed E-state index contributed by atoms with van der Waals surface area (Å²) in [7, 11) is 0. The second-order valence-corrected chi connectivity index (χ2v) is 5.46. The standard InChI is InChI=1S/C17H18ClF2N/c1-3-9-21-17(13-10-12(18)8-7-11(13)2)16-14(19)5-4-6-15(16)20/h4-8,10,17,21H,3,9H2,1-2H3. The molecule has 0 aliphatic heterocycles. The highest BCUT2D eigenvalue weighted by Gasteiger charge is 2.22. The van der Waals surface area contributed by atoms with Crippen LogP contribution in [-0.2, 0) is 0 Å². The van der Waals surface area contributed by atoms with E-state index in [1.165, 1.54) is 18.2 Å². The molecule has 1 N–H and O–H groups in total. The van der Waals surface area contributed by atoms with E-state index < -0.39 is 17.7 Å². The third-order valence-corrected chi connectivity index (χ3v) is 3.67. The molecule has 0 amide bonds. The van der Waals surface area contributed by atoms with Crippen LogP contribution in [0.25, 0.3) is 0 Å². The number of halogens is 3. The van der Waals surface area contributed by atoms with Crippen molar-refractivity contribution in [2.45, 2.75) is 26.3 Å². The van der Waals surface area contributed by atoms with Crippen LogP contribution in [0.2, 0.25) is 5.02 Å². The van der Waals surface area contributed by atoms with Crippen LogP contribution >= 0.6 is 11.6 Å². The van der Waals surface area contributed by atoms with E-state index in [-0.39, 0.29) is 5.56 Å². The van der Waals surface area contributed by atoms with Gasteiger partial charge in [0.25, 0.3) is 0 Å². The fourth-order valence-corrected chi connectivity index (χ4v) is 2.55. The van der Waals surface area contributed by atoms with Crippen molar-refractivity contribution in [3.05, 3.63) is 69.7 Å². The molecular formula is C17H18ClF2N. The van der Waals surface area contributed by atoms with Gasteiger partial charge in [-0.05, 0) is 55.3 Å². The normalized spacial score (nSPS) is 12.4. The maximum absolute atomic E-state index is 14.1. The van der Waals surface area contributed by atoms with Crippen LogP contribution in [0.5, 0.6) is 0 Å². The summed E-state index contributed by atoms with van der Waals surface area (Å²) in [5, 5.41) is 3.76. The molecule has 1 unspecified atom stereocenters. The Morgan fingerprint density at radius 2 is 1.81 bits per heavy atom. The number of nitrogens with one attached hydrogen (secondary N) is 1. The van der Waals surface area contributed by atoms with Gasteiger partial charge in [-0.25, -0.2) is 8.78 Å². The highest BCUT2D eigenvalue weighted by Crippen LogP contribution is 2.30. The average molecular weight is 310 g/mol. The van der Waals surface area contributed by atoms with Gasteiger partial charge in [-0.3, -0.25) is 0 Å². The third-order valence-electron chi connectivity index (χ3n) is 3.44. The van der Waals surface area contributed by atoms with E-state index in [1.54, 1.807) is 12.1 Å². The predicted molar refractivity (Wildman–Crippen MR) is 82.7 cm³/mol. The lowest BCUT2D eigenvalue weighted by Crippen LogP contribution is -2.26. The number of rotatable bonds is 5. The summed E-state index contributed by atoms with van der Waals surface area (Å²) in [5.74, 6) is -1.11. The van der Waals surface area contributed by atoms with Crippen molar-refractivity contribution < 1.29 is 8.78 Å². The lowest BCUT2D eigenvalue weighted by molar-refractivity contribution is 0.502. The van der Waals surface area contributed by atoms with Crippen LogP contribution in [0.15, 0.2) is 36.4 Å². The topological polar surface area (TPSA) is 12.0 Å². The van der Waals surface area contributed by atoms with Gasteiger partial charge >= 0.3 is 0 Å². The van der Waals surface area contributed by atoms with Crippen molar-refractivity contribution in [3.8, 4) is 0 Å². The van der Waals surface area contributed by atoms with Gasteiger partial charge < -0.3 is 5.32 Å². The molecule has 1 nitrogen and oxygen atoms in total. The van der Waals surface area contributed by atoms with E-state index in [4.69, 9.17) is 11.6 Å². The van der Waals surface area contributed by atoms with Crippen LogP contribution in [0.3, 0.4) is 0 Å². The van der Waals surface area contributed by atoms with Crippen molar-refractivity contribution in [1.29, 1.82) is 0 Å². The first-order valence-electron chi connectivity index (χ1n) is 6.98. The maximum atomic E-state index is 14.1. The third kappa shape index (κ3) is 3.60. The fourth-order valence-electron chi connectivity index (χ4n) is 2.37. The Bertz CT molecular complexity index is 608. The molecular weight excluding hydrogens is 292 g/mol. The van der Waals surface area contributed by atoms with Crippen LogP contribution in [-0.4, -0.2) is 6.54 Å². The van der Waals surface area contributed by atoms with E-state index in [1.807, 2.05) is 19.9 Å². The molecule has 0 bridgehead atoms. The van der Waals surface area contributed by atoms with Crippen LogP contribution in [0, 0.1) is 18.6 Å². The van der Waals surface area contributed by atoms with Gasteiger partial charge in [0.15, 0.2) is 0 Å². The van der Waals surface area contributed by atoms with Crippen molar-refractivity contribution in [2.24, 2.45) is 0 Å². The van der Waals surface area contributed by atoms with Crippen LogP contribution in [0.1, 0.15) is 36.1 Å². The highest BCUT2D eigenvalue weighted by molar-refractivity contribution is 6.30. The molecule has 0 saturated heterocycles. The maximum Gasteiger partial charge on any atom is 0.131 e. The fraction of sp³-hybridized carbons (Fsp3) is 0.294. The summed E-state index contributed by atoms with van der Waals surface area (Å²) in [5.41, 5.74) is 1.77. The van der Waals surface area contributed by atoms with E-state index in [9.17, 15) is 8.78 Å². The highest BCUT2D eigenvalue weighted by atomic mass is 35.5. The Morgan fingerprint density at radius 1 is 1.14 bits per heavy atom. The Labute approximate surface area is 128 Å². The van der Waals surface area contributed by atoms with Gasteiger partial charge in [0.1, 0.15) is 11.6 Å². The Morgan fingerprint density at radius 3 is 2.43 bits per heavy atom. The second-order valence-electron chi connectivity index (χ2n) is 5.02. The van der Waals surface area contributed by atoms with Gasteiger partial charge in [-0.1, -0.05) is 30.7 Å². The summed E-state index contributed by atoms with van der Waals surface area (Å²) in [6.07, 6.45) is 0.867. The average Bonchev–Trinajstić information content (AvgIpc) is 2.45. The predicted octanol–water partition coefficient (Wildman–Crippen LogP) is 5.02. The molecule has 112 valence electrons. The molecule has 0 aromatic heterocycles. The van der Waals surface area contributed by atoms with E-state index >= 15 is 0 Å². The number of hydrogen-bond acceptors (Lipinski definition) is 1. The molecule has 0 aliphatic carbocycles. The summed E-state index contributed by atoms with van der Waals surface area (Å²) in [4.78, 5) is 0. The summed E-state index contributed by atoms with van der Waals surface area (Å²) in [6.45, 7) is 4.57. The molecule has 0 heterocycles. The minimum absolute atomic E-state index is 0.0383. The lowest BCUT2D eigenvalue weighted by atomic mass is 9.94. The minimum Gasteiger partial charge on any atom is -0.306 e. The first-order chi connectivity index (χ1) is 10.0. The molecule has 2 aromatic carbocycles. The molecule has 0 aliphatic rings. The number of benzene rings is 2. The van der Waals surface area contributed by atoms with Crippen LogP contribution < -0.4 is 5.32 Å². The lowest BCUT2D eigenvalue weighted by Gasteiger charge is -2.22. The van der Waals surface area contributed by atoms with E-state index in [0.717, 1.165) is 17.5 Å². The smallest absolute Gasteiger partial charge is 0.131 e. The van der Waals surface area contributed by atoms with E-state index in [0.29, 0.717) is 11.6 Å². The molecule has 2 aromatic rings. The monoisotopic (exact) mass is 309 g/mol. The minimum atomic E-state index is -0.553. The molecule has 2 rings (SSSR count). The van der Waals surface area contributed by atoms with Gasteiger partial charge in [0.2, 0.25) is 0 Å². The summed E-state index contributed by atoms with van der Waals surface area (Å²) in [6, 6.07) is 8.76. The van der Waals surface area contributed by atoms with Crippen molar-refractivity contribution >= 4 is 11.6 Å². The molecule has 4 heteroatoms. The summed E-state index contributed by atoms with van der Waals surface area (Å²) < 4.78 is 28.3. The molecule has 0 saturated carbocycles.